The first-order valence-electron chi connectivity index (χ1n) is 10.0. The van der Waals surface area contributed by atoms with Crippen LogP contribution in [0, 0.1) is 0 Å². The predicted molar refractivity (Wildman–Crippen MR) is 130 cm³/mol. The maximum Gasteiger partial charge on any atom is 0.335 e. The van der Waals surface area contributed by atoms with Gasteiger partial charge < -0.3 is 5.11 Å². The number of likely N-dealkylation sites (N-methyl/N-ethyl adjacent to an activating group) is 1. The van der Waals surface area contributed by atoms with E-state index in [0.29, 0.717) is 15.8 Å². The van der Waals surface area contributed by atoms with Crippen molar-refractivity contribution in [3.63, 3.8) is 0 Å². The molecule has 0 saturated carbocycles. The third-order valence-electron chi connectivity index (χ3n) is 5.43. The molecule has 0 bridgehead atoms. The zero-order valence-corrected chi connectivity index (χ0v) is 18.0. The first kappa shape index (κ1) is 20.0. The van der Waals surface area contributed by atoms with E-state index < -0.39 is 5.97 Å². The number of carbonyl (C=O) groups excluding carboxylic acids is 1. The zero-order chi connectivity index (χ0) is 22.2. The second-order valence-electron chi connectivity index (χ2n) is 7.45. The fourth-order valence-corrected chi connectivity index (χ4v) is 4.74. The Morgan fingerprint density at radius 2 is 1.53 bits per heavy atom. The van der Waals surface area contributed by atoms with Gasteiger partial charge in [-0.3, -0.25) is 9.69 Å². The summed E-state index contributed by atoms with van der Waals surface area (Å²) in [5, 5.41) is 14.0. The Hall–Kier alpha value is -3.90. The number of hydrogen-bond donors (Lipinski definition) is 1. The van der Waals surface area contributed by atoms with Crippen LogP contribution in [0.3, 0.4) is 0 Å². The summed E-state index contributed by atoms with van der Waals surface area (Å²) >= 11 is 1.32. The van der Waals surface area contributed by atoms with Crippen molar-refractivity contribution in [2.75, 3.05) is 7.05 Å². The molecule has 0 spiro atoms. The molecule has 5 nitrogen and oxygen atoms in total. The van der Waals surface area contributed by atoms with Gasteiger partial charge in [0, 0.05) is 7.05 Å². The Balaban J connectivity index is 1.58. The van der Waals surface area contributed by atoms with Crippen molar-refractivity contribution in [1.82, 2.24) is 4.90 Å². The lowest BCUT2D eigenvalue weighted by Crippen LogP contribution is -2.23. The van der Waals surface area contributed by atoms with Gasteiger partial charge in [0.2, 0.25) is 0 Å². The first-order valence-corrected chi connectivity index (χ1v) is 10.8. The van der Waals surface area contributed by atoms with Gasteiger partial charge >= 0.3 is 5.97 Å². The summed E-state index contributed by atoms with van der Waals surface area (Å²) in [6.45, 7) is 0. The topological polar surface area (TPSA) is 70.0 Å². The third-order valence-corrected chi connectivity index (χ3v) is 6.49. The van der Waals surface area contributed by atoms with Crippen molar-refractivity contribution in [2.24, 2.45) is 4.99 Å². The van der Waals surface area contributed by atoms with Crippen molar-refractivity contribution in [1.29, 1.82) is 0 Å². The minimum atomic E-state index is -0.987. The Kier molecular flexibility index (Phi) is 4.99. The molecule has 4 aromatic carbocycles. The number of aliphatic imine (C=N–C) groups is 1. The molecule has 0 aliphatic carbocycles. The highest BCUT2D eigenvalue weighted by molar-refractivity contribution is 8.18. The smallest absolute Gasteiger partial charge is 0.335 e. The number of fused-ring (bicyclic) bond motifs is 2. The average Bonchev–Trinajstić information content (AvgIpc) is 3.07. The van der Waals surface area contributed by atoms with Gasteiger partial charge in [-0.1, -0.05) is 48.5 Å². The number of aromatic carboxylic acids is 1. The summed E-state index contributed by atoms with van der Waals surface area (Å²) in [6, 6.07) is 24.8. The van der Waals surface area contributed by atoms with E-state index >= 15 is 0 Å². The molecule has 0 radical (unpaired) electrons. The zero-order valence-electron chi connectivity index (χ0n) is 17.1. The van der Waals surface area contributed by atoms with E-state index in [-0.39, 0.29) is 11.5 Å². The standard InChI is InChI=1S/C26H18N2O3S/c1-28-24(29)23(32-26(28)27-19-12-10-16(11-13-19)25(30)31)15-22-20-8-4-2-6-17(20)14-18-7-3-5-9-21(18)22/h2-15H,1H3,(H,30,31)/b23-15+,27-26?. The molecule has 0 atom stereocenters. The van der Waals surface area contributed by atoms with Gasteiger partial charge in [0.25, 0.3) is 5.91 Å². The van der Waals surface area contributed by atoms with Gasteiger partial charge in [-0.25, -0.2) is 9.79 Å². The van der Waals surface area contributed by atoms with Gasteiger partial charge in [0.05, 0.1) is 16.2 Å². The first-order chi connectivity index (χ1) is 15.5. The molecule has 1 aliphatic rings. The van der Waals surface area contributed by atoms with Crippen LogP contribution in [0.15, 0.2) is 88.8 Å². The summed E-state index contributed by atoms with van der Waals surface area (Å²) in [5.74, 6) is -1.10. The summed E-state index contributed by atoms with van der Waals surface area (Å²) < 4.78 is 0. The lowest BCUT2D eigenvalue weighted by Gasteiger charge is -2.09. The van der Waals surface area contributed by atoms with Crippen LogP contribution < -0.4 is 0 Å². The molecule has 5 rings (SSSR count). The minimum Gasteiger partial charge on any atom is -0.478 e. The molecule has 6 heteroatoms. The van der Waals surface area contributed by atoms with Gasteiger partial charge in [-0.15, -0.1) is 0 Å². The van der Waals surface area contributed by atoms with Crippen LogP contribution in [0.5, 0.6) is 0 Å². The lowest BCUT2D eigenvalue weighted by molar-refractivity contribution is -0.121. The van der Waals surface area contributed by atoms with E-state index in [4.69, 9.17) is 5.11 Å². The second kappa shape index (κ2) is 7.98. The van der Waals surface area contributed by atoms with Crippen LogP contribution in [-0.4, -0.2) is 34.1 Å². The molecule has 1 aliphatic heterocycles. The third kappa shape index (κ3) is 3.55. The van der Waals surface area contributed by atoms with Crippen LogP contribution >= 0.6 is 11.8 Å². The minimum absolute atomic E-state index is 0.118. The SMILES string of the molecule is CN1C(=O)/C(=C\c2c3ccccc3cc3ccccc23)SC1=Nc1ccc(C(=O)O)cc1. The molecule has 1 N–H and O–H groups in total. The van der Waals surface area contributed by atoms with Crippen molar-refractivity contribution >= 4 is 62.1 Å². The fourth-order valence-electron chi connectivity index (χ4n) is 3.78. The van der Waals surface area contributed by atoms with Crippen molar-refractivity contribution in [2.45, 2.75) is 0 Å². The number of amidine groups is 1. The van der Waals surface area contributed by atoms with Gasteiger partial charge in [0.1, 0.15) is 0 Å². The molecule has 156 valence electrons. The lowest BCUT2D eigenvalue weighted by atomic mass is 9.96. The number of rotatable bonds is 3. The predicted octanol–water partition coefficient (Wildman–Crippen LogP) is 5.93. The maximum absolute atomic E-state index is 13.0. The van der Waals surface area contributed by atoms with Crippen LogP contribution in [0.25, 0.3) is 27.6 Å². The number of nitrogens with zero attached hydrogens (tertiary/aromatic N) is 2. The summed E-state index contributed by atoms with van der Waals surface area (Å²) in [6.07, 6.45) is 1.95. The number of carboxylic acids is 1. The number of amides is 1. The number of carboxylic acid groups (broad SMARTS) is 1. The highest BCUT2D eigenvalue weighted by Crippen LogP contribution is 2.36. The average molecular weight is 439 g/mol. The monoisotopic (exact) mass is 438 g/mol. The summed E-state index contributed by atoms with van der Waals surface area (Å²) in [7, 11) is 1.70. The number of thioether (sulfide) groups is 1. The van der Waals surface area contributed by atoms with Crippen molar-refractivity contribution < 1.29 is 14.7 Å². The van der Waals surface area contributed by atoms with E-state index in [1.807, 2.05) is 30.3 Å². The van der Waals surface area contributed by atoms with E-state index in [1.165, 1.54) is 28.8 Å². The van der Waals surface area contributed by atoms with E-state index in [2.05, 4.69) is 35.3 Å². The Bertz CT molecular complexity index is 1400. The molecule has 1 saturated heterocycles. The van der Waals surface area contributed by atoms with Crippen LogP contribution in [0.4, 0.5) is 5.69 Å². The normalized spacial score (nSPS) is 16.5. The molecule has 1 amide bonds. The number of carbonyl (C=O) groups is 2. The van der Waals surface area contributed by atoms with E-state index in [0.717, 1.165) is 27.1 Å². The van der Waals surface area contributed by atoms with Crippen molar-refractivity contribution in [3.05, 3.63) is 94.9 Å². The Morgan fingerprint density at radius 3 is 2.12 bits per heavy atom. The molecule has 32 heavy (non-hydrogen) atoms. The quantitative estimate of drug-likeness (QED) is 0.318. The van der Waals surface area contributed by atoms with Crippen LogP contribution in [0.1, 0.15) is 15.9 Å². The largest absolute Gasteiger partial charge is 0.478 e. The molecule has 1 fully saturated rings. The molecule has 0 unspecified atom stereocenters. The Labute approximate surface area is 188 Å². The molecule has 0 aromatic heterocycles. The van der Waals surface area contributed by atoms with Crippen LogP contribution in [-0.2, 0) is 4.79 Å². The molecule has 4 aromatic rings. The van der Waals surface area contributed by atoms with Gasteiger partial charge in [0.15, 0.2) is 5.17 Å². The van der Waals surface area contributed by atoms with Crippen molar-refractivity contribution in [3.8, 4) is 0 Å². The number of benzene rings is 4. The maximum atomic E-state index is 13.0. The number of hydrogen-bond acceptors (Lipinski definition) is 4. The van der Waals surface area contributed by atoms with Crippen LogP contribution in [0.2, 0.25) is 0 Å². The van der Waals surface area contributed by atoms with Gasteiger partial charge in [-0.05, 0) is 75.3 Å². The highest BCUT2D eigenvalue weighted by atomic mass is 32.2. The Morgan fingerprint density at radius 1 is 0.938 bits per heavy atom. The second-order valence-corrected chi connectivity index (χ2v) is 8.46. The van der Waals surface area contributed by atoms with E-state index in [1.54, 1.807) is 19.2 Å². The fraction of sp³-hybridized carbons (Fsp3) is 0.0385. The summed E-state index contributed by atoms with van der Waals surface area (Å²) in [5.41, 5.74) is 1.80. The molecular weight excluding hydrogens is 420 g/mol. The highest BCUT2D eigenvalue weighted by Gasteiger charge is 2.30. The molecular formula is C26H18N2O3S. The van der Waals surface area contributed by atoms with E-state index in [9.17, 15) is 9.59 Å². The summed E-state index contributed by atoms with van der Waals surface area (Å²) in [4.78, 5) is 30.7. The molecule has 1 heterocycles. The van der Waals surface area contributed by atoms with Gasteiger partial charge in [-0.2, -0.15) is 0 Å².